The molecule has 0 aromatic rings. The molecule has 0 aromatic heterocycles. The summed E-state index contributed by atoms with van der Waals surface area (Å²) >= 11 is 0. The summed E-state index contributed by atoms with van der Waals surface area (Å²) in [6, 6.07) is 0. The molecule has 1 atom stereocenters. The Balaban J connectivity index is 1.81. The van der Waals surface area contributed by atoms with Crippen LogP contribution in [-0.2, 0) is 4.74 Å². The monoisotopic (exact) mass is 210 g/mol. The van der Waals surface area contributed by atoms with Crippen molar-refractivity contribution < 1.29 is 4.74 Å². The largest absolute Gasteiger partial charge is 0.378 e. The molecular weight excluding hydrogens is 184 g/mol. The Labute approximate surface area is 94.9 Å². The van der Waals surface area contributed by atoms with Crippen LogP contribution in [0.4, 0.5) is 0 Å². The van der Waals surface area contributed by atoms with Gasteiger partial charge >= 0.3 is 0 Å². The van der Waals surface area contributed by atoms with Gasteiger partial charge in [0, 0.05) is 6.61 Å². The number of unbranched alkanes of at least 4 members (excludes halogenated alkanes) is 5. The van der Waals surface area contributed by atoms with Gasteiger partial charge in [0.1, 0.15) is 0 Å². The second-order valence-electron chi connectivity index (χ2n) is 4.62. The number of hydrogen-bond donors (Lipinski definition) is 0. The third-order valence-corrected chi connectivity index (χ3v) is 3.21. The van der Waals surface area contributed by atoms with Crippen LogP contribution >= 0.6 is 0 Å². The molecule has 1 heteroatoms. The molecule has 0 radical (unpaired) electrons. The summed E-state index contributed by atoms with van der Waals surface area (Å²) in [7, 11) is 0. The number of ether oxygens (including phenoxy) is 1. The summed E-state index contributed by atoms with van der Waals surface area (Å²) in [5, 5.41) is 0. The Bertz CT molecular complexity index is 147. The maximum Gasteiger partial charge on any atom is 0.0575 e. The number of hydrogen-bond acceptors (Lipinski definition) is 1. The fourth-order valence-corrected chi connectivity index (χ4v) is 2.23. The zero-order chi connectivity index (χ0) is 10.8. The molecule has 0 spiro atoms. The van der Waals surface area contributed by atoms with Crippen molar-refractivity contribution in [2.24, 2.45) is 0 Å². The first kappa shape index (κ1) is 12.8. The standard InChI is InChI=1S/C14H26O/c1-2-3-4-5-6-7-8-11-14-12-9-10-13-15-14/h2,14H,1,3-13H2. The van der Waals surface area contributed by atoms with Gasteiger partial charge in [-0.15, -0.1) is 6.58 Å². The summed E-state index contributed by atoms with van der Waals surface area (Å²) in [6.45, 7) is 4.74. The van der Waals surface area contributed by atoms with E-state index in [-0.39, 0.29) is 0 Å². The fraction of sp³-hybridized carbons (Fsp3) is 0.857. The molecule has 1 rings (SSSR count). The van der Waals surface area contributed by atoms with Crippen molar-refractivity contribution in [1.82, 2.24) is 0 Å². The van der Waals surface area contributed by atoms with Gasteiger partial charge in [-0.05, 0) is 38.5 Å². The lowest BCUT2D eigenvalue weighted by molar-refractivity contribution is 0.00977. The second kappa shape index (κ2) is 8.96. The highest BCUT2D eigenvalue weighted by Gasteiger charge is 2.12. The highest BCUT2D eigenvalue weighted by Crippen LogP contribution is 2.18. The molecule has 88 valence electrons. The third kappa shape index (κ3) is 6.72. The van der Waals surface area contributed by atoms with Crippen LogP contribution in [0.3, 0.4) is 0 Å². The Morgan fingerprint density at radius 2 is 1.87 bits per heavy atom. The van der Waals surface area contributed by atoms with Gasteiger partial charge in [0.2, 0.25) is 0 Å². The minimum atomic E-state index is 0.590. The maximum atomic E-state index is 5.71. The van der Waals surface area contributed by atoms with Gasteiger partial charge in [0.05, 0.1) is 6.10 Å². The smallest absolute Gasteiger partial charge is 0.0575 e. The third-order valence-electron chi connectivity index (χ3n) is 3.21. The minimum Gasteiger partial charge on any atom is -0.378 e. The van der Waals surface area contributed by atoms with Gasteiger partial charge in [-0.2, -0.15) is 0 Å². The Hall–Kier alpha value is -0.300. The van der Waals surface area contributed by atoms with E-state index in [0.29, 0.717) is 6.10 Å². The van der Waals surface area contributed by atoms with Crippen LogP contribution in [0.15, 0.2) is 12.7 Å². The SMILES string of the molecule is C=CCCCCCCCC1CCCCO1. The number of allylic oxidation sites excluding steroid dienone is 1. The van der Waals surface area contributed by atoms with Crippen molar-refractivity contribution in [1.29, 1.82) is 0 Å². The van der Waals surface area contributed by atoms with Crippen LogP contribution in [0.5, 0.6) is 0 Å². The van der Waals surface area contributed by atoms with Gasteiger partial charge in [-0.3, -0.25) is 0 Å². The molecule has 0 aliphatic carbocycles. The normalized spacial score (nSPS) is 21.5. The molecule has 0 amide bonds. The first-order valence-electron chi connectivity index (χ1n) is 6.66. The zero-order valence-corrected chi connectivity index (χ0v) is 10.0. The van der Waals surface area contributed by atoms with E-state index < -0.39 is 0 Å². The first-order valence-corrected chi connectivity index (χ1v) is 6.66. The molecule has 15 heavy (non-hydrogen) atoms. The molecule has 1 heterocycles. The van der Waals surface area contributed by atoms with Crippen LogP contribution in [0.25, 0.3) is 0 Å². The van der Waals surface area contributed by atoms with E-state index in [9.17, 15) is 0 Å². The van der Waals surface area contributed by atoms with Crippen LogP contribution in [0, 0.1) is 0 Å². The van der Waals surface area contributed by atoms with E-state index in [1.165, 1.54) is 64.2 Å². The van der Waals surface area contributed by atoms with Gasteiger partial charge in [0.25, 0.3) is 0 Å². The number of rotatable bonds is 8. The average Bonchev–Trinajstić information content (AvgIpc) is 2.29. The van der Waals surface area contributed by atoms with Crippen molar-refractivity contribution in [2.75, 3.05) is 6.61 Å². The highest BCUT2D eigenvalue weighted by atomic mass is 16.5. The van der Waals surface area contributed by atoms with Crippen molar-refractivity contribution in [3.8, 4) is 0 Å². The summed E-state index contributed by atoms with van der Waals surface area (Å²) in [6.07, 6.45) is 15.9. The van der Waals surface area contributed by atoms with Crippen LogP contribution in [-0.4, -0.2) is 12.7 Å². The molecule has 0 bridgehead atoms. The van der Waals surface area contributed by atoms with Gasteiger partial charge in [0.15, 0.2) is 0 Å². The Morgan fingerprint density at radius 1 is 1.07 bits per heavy atom. The van der Waals surface area contributed by atoms with Crippen LogP contribution < -0.4 is 0 Å². The summed E-state index contributed by atoms with van der Waals surface area (Å²) in [5.74, 6) is 0. The average molecular weight is 210 g/mol. The molecule has 1 saturated heterocycles. The van der Waals surface area contributed by atoms with Gasteiger partial charge < -0.3 is 4.74 Å². The molecule has 1 unspecified atom stereocenters. The maximum absolute atomic E-state index is 5.71. The quantitative estimate of drug-likeness (QED) is 0.424. The van der Waals surface area contributed by atoms with E-state index in [1.54, 1.807) is 0 Å². The molecule has 1 fully saturated rings. The molecule has 0 N–H and O–H groups in total. The van der Waals surface area contributed by atoms with Crippen molar-refractivity contribution in [2.45, 2.75) is 70.3 Å². The van der Waals surface area contributed by atoms with E-state index in [4.69, 9.17) is 4.74 Å². The van der Waals surface area contributed by atoms with Crippen molar-refractivity contribution in [3.63, 3.8) is 0 Å². The van der Waals surface area contributed by atoms with Crippen molar-refractivity contribution >= 4 is 0 Å². The molecular formula is C14H26O. The Kier molecular flexibility index (Phi) is 7.63. The van der Waals surface area contributed by atoms with E-state index >= 15 is 0 Å². The summed E-state index contributed by atoms with van der Waals surface area (Å²) in [4.78, 5) is 0. The molecule has 1 aliphatic rings. The minimum absolute atomic E-state index is 0.590. The summed E-state index contributed by atoms with van der Waals surface area (Å²) < 4.78 is 5.71. The van der Waals surface area contributed by atoms with E-state index in [2.05, 4.69) is 6.58 Å². The van der Waals surface area contributed by atoms with Crippen LogP contribution in [0.1, 0.15) is 64.2 Å². The fourth-order valence-electron chi connectivity index (χ4n) is 2.23. The molecule has 1 nitrogen and oxygen atoms in total. The molecule has 0 aromatic carbocycles. The van der Waals surface area contributed by atoms with Gasteiger partial charge in [-0.25, -0.2) is 0 Å². The predicted octanol–water partition coefficient (Wildman–Crippen LogP) is 4.47. The van der Waals surface area contributed by atoms with E-state index in [0.717, 1.165) is 6.61 Å². The topological polar surface area (TPSA) is 9.23 Å². The molecule has 1 aliphatic heterocycles. The lowest BCUT2D eigenvalue weighted by Gasteiger charge is -2.22. The van der Waals surface area contributed by atoms with Crippen LogP contribution in [0.2, 0.25) is 0 Å². The van der Waals surface area contributed by atoms with Gasteiger partial charge in [-0.1, -0.05) is 31.8 Å². The van der Waals surface area contributed by atoms with E-state index in [1.807, 2.05) is 6.08 Å². The lowest BCUT2D eigenvalue weighted by Crippen LogP contribution is -2.18. The lowest BCUT2D eigenvalue weighted by atomic mass is 10.0. The first-order chi connectivity index (χ1) is 7.43. The highest BCUT2D eigenvalue weighted by molar-refractivity contribution is 4.66. The predicted molar refractivity (Wildman–Crippen MR) is 66.1 cm³/mol. The summed E-state index contributed by atoms with van der Waals surface area (Å²) in [5.41, 5.74) is 0. The Morgan fingerprint density at radius 3 is 2.60 bits per heavy atom. The van der Waals surface area contributed by atoms with Crippen molar-refractivity contribution in [3.05, 3.63) is 12.7 Å². The second-order valence-corrected chi connectivity index (χ2v) is 4.62. The zero-order valence-electron chi connectivity index (χ0n) is 10.0. The molecule has 0 saturated carbocycles.